The highest BCUT2D eigenvalue weighted by molar-refractivity contribution is 5.32. The van der Waals surface area contributed by atoms with E-state index in [0.29, 0.717) is 24.2 Å². The fourth-order valence-corrected chi connectivity index (χ4v) is 1.95. The maximum atomic E-state index is 8.76. The monoisotopic (exact) mass is 216 g/mol. The summed E-state index contributed by atoms with van der Waals surface area (Å²) in [7, 11) is 0. The summed E-state index contributed by atoms with van der Waals surface area (Å²) in [5.41, 5.74) is 7.30. The molecule has 3 heteroatoms. The third-order valence-electron chi connectivity index (χ3n) is 3.07. The molecule has 1 fully saturated rings. The van der Waals surface area contributed by atoms with Gasteiger partial charge in [-0.15, -0.1) is 0 Å². The second-order valence-corrected chi connectivity index (χ2v) is 4.32. The smallest absolute Gasteiger partial charge is 0.0991 e. The lowest BCUT2D eigenvalue weighted by molar-refractivity contribution is -0.0376. The van der Waals surface area contributed by atoms with Gasteiger partial charge < -0.3 is 10.5 Å². The lowest BCUT2D eigenvalue weighted by Gasteiger charge is -2.34. The van der Waals surface area contributed by atoms with E-state index in [0.717, 1.165) is 24.9 Å². The van der Waals surface area contributed by atoms with Crippen molar-refractivity contribution in [1.82, 2.24) is 0 Å². The molecular weight excluding hydrogens is 200 g/mol. The SMILES string of the molecule is N#Cc1cccc(COC2CC(CN)C2)c1. The molecule has 1 aliphatic carbocycles. The normalized spacial score (nSPS) is 23.5. The van der Waals surface area contributed by atoms with Crippen LogP contribution in [0.5, 0.6) is 0 Å². The second-order valence-electron chi connectivity index (χ2n) is 4.32. The summed E-state index contributed by atoms with van der Waals surface area (Å²) in [6.45, 7) is 1.36. The third kappa shape index (κ3) is 2.60. The van der Waals surface area contributed by atoms with E-state index in [1.807, 2.05) is 18.2 Å². The maximum absolute atomic E-state index is 8.76. The summed E-state index contributed by atoms with van der Waals surface area (Å²) >= 11 is 0. The number of hydrogen-bond donors (Lipinski definition) is 1. The summed E-state index contributed by atoms with van der Waals surface area (Å²) in [5, 5.41) is 8.76. The van der Waals surface area contributed by atoms with Crippen molar-refractivity contribution < 1.29 is 4.74 Å². The van der Waals surface area contributed by atoms with Crippen molar-refractivity contribution in [3.05, 3.63) is 35.4 Å². The summed E-state index contributed by atoms with van der Waals surface area (Å²) < 4.78 is 5.73. The minimum absolute atomic E-state index is 0.360. The first-order valence-electron chi connectivity index (χ1n) is 5.62. The second kappa shape index (κ2) is 5.11. The Morgan fingerprint density at radius 1 is 1.44 bits per heavy atom. The molecule has 0 aromatic heterocycles. The van der Waals surface area contributed by atoms with Crippen molar-refractivity contribution in [2.24, 2.45) is 11.7 Å². The summed E-state index contributed by atoms with van der Waals surface area (Å²) in [6, 6.07) is 9.68. The van der Waals surface area contributed by atoms with Crippen LogP contribution in [0.2, 0.25) is 0 Å². The lowest BCUT2D eigenvalue weighted by atomic mass is 9.82. The van der Waals surface area contributed by atoms with Crippen molar-refractivity contribution in [3.63, 3.8) is 0 Å². The zero-order valence-electron chi connectivity index (χ0n) is 9.23. The van der Waals surface area contributed by atoms with Crippen LogP contribution in [0.15, 0.2) is 24.3 Å². The number of nitrogens with zero attached hydrogens (tertiary/aromatic N) is 1. The van der Waals surface area contributed by atoms with Gasteiger partial charge in [-0.3, -0.25) is 0 Å². The van der Waals surface area contributed by atoms with Crippen LogP contribution in [0.4, 0.5) is 0 Å². The first-order chi connectivity index (χ1) is 7.81. The molecule has 1 aliphatic rings. The molecule has 2 N–H and O–H groups in total. The summed E-state index contributed by atoms with van der Waals surface area (Å²) in [4.78, 5) is 0. The van der Waals surface area contributed by atoms with Crippen LogP contribution in [0.25, 0.3) is 0 Å². The number of hydrogen-bond acceptors (Lipinski definition) is 3. The van der Waals surface area contributed by atoms with Crippen molar-refractivity contribution in [2.45, 2.75) is 25.6 Å². The van der Waals surface area contributed by atoms with E-state index >= 15 is 0 Å². The van der Waals surface area contributed by atoms with Gasteiger partial charge in [-0.2, -0.15) is 5.26 Å². The van der Waals surface area contributed by atoms with Crippen molar-refractivity contribution in [1.29, 1.82) is 5.26 Å². The minimum atomic E-state index is 0.360. The van der Waals surface area contributed by atoms with E-state index in [1.54, 1.807) is 6.07 Å². The Balaban J connectivity index is 1.80. The summed E-state index contributed by atoms with van der Waals surface area (Å²) in [5.74, 6) is 0.649. The van der Waals surface area contributed by atoms with Crippen LogP contribution in [-0.4, -0.2) is 12.6 Å². The Hall–Kier alpha value is -1.37. The molecule has 2 rings (SSSR count). The zero-order chi connectivity index (χ0) is 11.4. The van der Waals surface area contributed by atoms with Gasteiger partial charge in [0.15, 0.2) is 0 Å². The van der Waals surface area contributed by atoms with Gasteiger partial charge in [0.25, 0.3) is 0 Å². The average molecular weight is 216 g/mol. The van der Waals surface area contributed by atoms with Gasteiger partial charge in [0.1, 0.15) is 0 Å². The first kappa shape index (κ1) is 11.1. The molecule has 1 aromatic rings. The third-order valence-corrected chi connectivity index (χ3v) is 3.07. The highest BCUT2D eigenvalue weighted by Gasteiger charge is 2.28. The lowest BCUT2D eigenvalue weighted by Crippen LogP contribution is -2.35. The standard InChI is InChI=1S/C13H16N2O/c14-7-10-2-1-3-11(4-10)9-16-13-5-12(6-13)8-15/h1-4,12-13H,5-6,8-9,15H2. The predicted molar refractivity (Wildman–Crippen MR) is 61.5 cm³/mol. The predicted octanol–water partition coefficient (Wildman–Crippen LogP) is 1.81. The zero-order valence-corrected chi connectivity index (χ0v) is 9.23. The Kier molecular flexibility index (Phi) is 3.55. The molecular formula is C13H16N2O. The van der Waals surface area contributed by atoms with Crippen molar-refractivity contribution in [2.75, 3.05) is 6.54 Å². The van der Waals surface area contributed by atoms with Gasteiger partial charge in [-0.05, 0) is 43.0 Å². The van der Waals surface area contributed by atoms with Crippen LogP contribution >= 0.6 is 0 Å². The minimum Gasteiger partial charge on any atom is -0.374 e. The first-order valence-corrected chi connectivity index (χ1v) is 5.62. The van der Waals surface area contributed by atoms with Crippen LogP contribution in [0.1, 0.15) is 24.0 Å². The molecule has 0 amide bonds. The number of benzene rings is 1. The molecule has 0 spiro atoms. The Morgan fingerprint density at radius 2 is 2.25 bits per heavy atom. The largest absolute Gasteiger partial charge is 0.374 e. The molecule has 0 heterocycles. The molecule has 3 nitrogen and oxygen atoms in total. The molecule has 0 radical (unpaired) electrons. The Bertz CT molecular complexity index is 391. The molecule has 1 aromatic carbocycles. The van der Waals surface area contributed by atoms with Crippen molar-refractivity contribution in [3.8, 4) is 6.07 Å². The molecule has 0 unspecified atom stereocenters. The van der Waals surface area contributed by atoms with Gasteiger partial charge in [0.05, 0.1) is 24.3 Å². The Morgan fingerprint density at radius 3 is 2.94 bits per heavy atom. The molecule has 0 aliphatic heterocycles. The number of ether oxygens (including phenoxy) is 1. The van der Waals surface area contributed by atoms with Crippen LogP contribution in [0.3, 0.4) is 0 Å². The number of nitriles is 1. The van der Waals surface area contributed by atoms with Gasteiger partial charge in [0.2, 0.25) is 0 Å². The number of nitrogens with two attached hydrogens (primary N) is 1. The van der Waals surface area contributed by atoms with E-state index in [9.17, 15) is 0 Å². The molecule has 0 saturated heterocycles. The fraction of sp³-hybridized carbons (Fsp3) is 0.462. The van der Waals surface area contributed by atoms with E-state index in [4.69, 9.17) is 15.7 Å². The molecule has 0 atom stereocenters. The summed E-state index contributed by atoms with van der Waals surface area (Å²) in [6.07, 6.45) is 2.52. The van der Waals surface area contributed by atoms with Gasteiger partial charge >= 0.3 is 0 Å². The van der Waals surface area contributed by atoms with Crippen LogP contribution in [-0.2, 0) is 11.3 Å². The van der Waals surface area contributed by atoms with E-state index < -0.39 is 0 Å². The van der Waals surface area contributed by atoms with Gasteiger partial charge in [-0.1, -0.05) is 12.1 Å². The highest BCUT2D eigenvalue weighted by Crippen LogP contribution is 2.29. The highest BCUT2D eigenvalue weighted by atomic mass is 16.5. The number of rotatable bonds is 4. The van der Waals surface area contributed by atoms with E-state index in [1.165, 1.54) is 0 Å². The topological polar surface area (TPSA) is 59.0 Å². The van der Waals surface area contributed by atoms with E-state index in [2.05, 4.69) is 6.07 Å². The van der Waals surface area contributed by atoms with Crippen LogP contribution in [0, 0.1) is 17.2 Å². The van der Waals surface area contributed by atoms with Crippen LogP contribution < -0.4 is 5.73 Å². The van der Waals surface area contributed by atoms with E-state index in [-0.39, 0.29) is 0 Å². The molecule has 16 heavy (non-hydrogen) atoms. The van der Waals surface area contributed by atoms with Gasteiger partial charge in [0, 0.05) is 0 Å². The average Bonchev–Trinajstić information content (AvgIpc) is 2.28. The Labute approximate surface area is 95.8 Å². The fourth-order valence-electron chi connectivity index (χ4n) is 1.95. The molecule has 1 saturated carbocycles. The quantitative estimate of drug-likeness (QED) is 0.835. The van der Waals surface area contributed by atoms with Crippen molar-refractivity contribution >= 4 is 0 Å². The molecule has 0 bridgehead atoms. The maximum Gasteiger partial charge on any atom is 0.0991 e. The molecule has 84 valence electrons. The van der Waals surface area contributed by atoms with Gasteiger partial charge in [-0.25, -0.2) is 0 Å².